The summed E-state index contributed by atoms with van der Waals surface area (Å²) in [7, 11) is 0. The van der Waals surface area contributed by atoms with Gasteiger partial charge in [-0.05, 0) is 32.9 Å². The minimum Gasteiger partial charge on any atom is -0.295 e. The van der Waals surface area contributed by atoms with Gasteiger partial charge in [-0.25, -0.2) is 0 Å². The zero-order valence-electron chi connectivity index (χ0n) is 12.6. The SMILES string of the molecule is C=NC(C)(C)C(C)CCCCCCCCCC. The summed E-state index contributed by atoms with van der Waals surface area (Å²) in [6.07, 6.45) is 12.5. The van der Waals surface area contributed by atoms with Crippen molar-refractivity contribution in [3.63, 3.8) is 0 Å². The fourth-order valence-electron chi connectivity index (χ4n) is 2.09. The van der Waals surface area contributed by atoms with E-state index in [1.807, 2.05) is 0 Å². The molecule has 17 heavy (non-hydrogen) atoms. The van der Waals surface area contributed by atoms with Crippen molar-refractivity contribution in [1.29, 1.82) is 0 Å². The van der Waals surface area contributed by atoms with Gasteiger partial charge in [-0.15, -0.1) is 0 Å². The van der Waals surface area contributed by atoms with Gasteiger partial charge in [0.2, 0.25) is 0 Å². The van der Waals surface area contributed by atoms with E-state index in [0.29, 0.717) is 5.92 Å². The Morgan fingerprint density at radius 1 is 0.941 bits per heavy atom. The smallest absolute Gasteiger partial charge is 0.0570 e. The molecule has 0 aromatic carbocycles. The topological polar surface area (TPSA) is 12.4 Å². The van der Waals surface area contributed by atoms with Gasteiger partial charge in [-0.1, -0.05) is 65.2 Å². The van der Waals surface area contributed by atoms with Crippen LogP contribution in [0.15, 0.2) is 4.99 Å². The first kappa shape index (κ1) is 16.7. The van der Waals surface area contributed by atoms with Crippen LogP contribution in [0.2, 0.25) is 0 Å². The van der Waals surface area contributed by atoms with Gasteiger partial charge in [0.15, 0.2) is 0 Å². The fraction of sp³-hybridized carbons (Fsp3) is 0.938. The zero-order chi connectivity index (χ0) is 13.1. The quantitative estimate of drug-likeness (QED) is 0.327. The summed E-state index contributed by atoms with van der Waals surface area (Å²) >= 11 is 0. The minimum atomic E-state index is 0.0567. The first-order chi connectivity index (χ1) is 8.04. The number of nitrogens with zero attached hydrogens (tertiary/aromatic N) is 1. The lowest BCUT2D eigenvalue weighted by molar-refractivity contribution is 0.320. The molecule has 0 fully saturated rings. The molecule has 0 saturated carbocycles. The number of aliphatic imine (C=N–C) groups is 1. The summed E-state index contributed by atoms with van der Waals surface area (Å²) in [5.74, 6) is 0.653. The third kappa shape index (κ3) is 8.40. The van der Waals surface area contributed by atoms with Crippen molar-refractivity contribution in [2.75, 3.05) is 0 Å². The number of unbranched alkanes of at least 4 members (excludes halogenated alkanes) is 7. The van der Waals surface area contributed by atoms with Crippen LogP contribution in [0.4, 0.5) is 0 Å². The summed E-state index contributed by atoms with van der Waals surface area (Å²) in [5, 5.41) is 0. The third-order valence-electron chi connectivity index (χ3n) is 4.10. The predicted molar refractivity (Wildman–Crippen MR) is 80.0 cm³/mol. The highest BCUT2D eigenvalue weighted by atomic mass is 14.8. The largest absolute Gasteiger partial charge is 0.295 e. The molecule has 0 rings (SSSR count). The van der Waals surface area contributed by atoms with Gasteiger partial charge in [-0.3, -0.25) is 4.99 Å². The van der Waals surface area contributed by atoms with E-state index in [4.69, 9.17) is 0 Å². The molecule has 0 bridgehead atoms. The van der Waals surface area contributed by atoms with Crippen molar-refractivity contribution in [1.82, 2.24) is 0 Å². The molecule has 0 saturated heterocycles. The van der Waals surface area contributed by atoms with E-state index in [9.17, 15) is 0 Å². The summed E-state index contributed by atoms with van der Waals surface area (Å²) < 4.78 is 0. The van der Waals surface area contributed by atoms with Crippen LogP contribution in [0.25, 0.3) is 0 Å². The van der Waals surface area contributed by atoms with Crippen molar-refractivity contribution < 1.29 is 0 Å². The zero-order valence-corrected chi connectivity index (χ0v) is 12.6. The second kappa shape index (κ2) is 9.67. The van der Waals surface area contributed by atoms with Crippen molar-refractivity contribution in [2.45, 2.75) is 91.0 Å². The molecule has 0 aliphatic rings. The average Bonchev–Trinajstić information content (AvgIpc) is 2.32. The minimum absolute atomic E-state index is 0.0567. The fourth-order valence-corrected chi connectivity index (χ4v) is 2.09. The Kier molecular flexibility index (Phi) is 9.49. The molecule has 0 aromatic rings. The van der Waals surface area contributed by atoms with E-state index >= 15 is 0 Å². The van der Waals surface area contributed by atoms with E-state index in [1.165, 1.54) is 57.8 Å². The number of rotatable bonds is 11. The van der Waals surface area contributed by atoms with Gasteiger partial charge < -0.3 is 0 Å². The third-order valence-corrected chi connectivity index (χ3v) is 4.10. The molecule has 0 aliphatic heterocycles. The second-order valence-electron chi connectivity index (χ2n) is 5.98. The molecule has 1 unspecified atom stereocenters. The molecule has 0 aromatic heterocycles. The van der Waals surface area contributed by atoms with E-state index in [0.717, 1.165) is 0 Å². The van der Waals surface area contributed by atoms with Crippen molar-refractivity contribution >= 4 is 6.72 Å². The van der Waals surface area contributed by atoms with Crippen LogP contribution in [-0.2, 0) is 0 Å². The number of hydrogen-bond acceptors (Lipinski definition) is 1. The summed E-state index contributed by atoms with van der Waals surface area (Å²) in [6.45, 7) is 12.6. The predicted octanol–water partition coefficient (Wildman–Crippen LogP) is 5.63. The Labute approximate surface area is 109 Å². The first-order valence-electron chi connectivity index (χ1n) is 7.52. The standard InChI is InChI=1S/C16H33N/c1-6-7-8-9-10-11-12-13-14-15(2)16(3,4)17-5/h15H,5-14H2,1-4H3. The Bertz CT molecular complexity index is 184. The van der Waals surface area contributed by atoms with Crippen molar-refractivity contribution in [2.24, 2.45) is 10.9 Å². The average molecular weight is 239 g/mol. The molecule has 0 spiro atoms. The molecule has 0 N–H and O–H groups in total. The summed E-state index contributed by atoms with van der Waals surface area (Å²) in [4.78, 5) is 4.22. The van der Waals surface area contributed by atoms with Gasteiger partial charge in [0, 0.05) is 0 Å². The first-order valence-corrected chi connectivity index (χ1v) is 7.52. The lowest BCUT2D eigenvalue weighted by atomic mass is 9.85. The maximum absolute atomic E-state index is 4.22. The molecule has 1 heteroatoms. The van der Waals surface area contributed by atoms with Crippen molar-refractivity contribution in [3.05, 3.63) is 0 Å². The highest BCUT2D eigenvalue weighted by molar-refractivity contribution is 5.25. The monoisotopic (exact) mass is 239 g/mol. The van der Waals surface area contributed by atoms with Crippen LogP contribution in [0, 0.1) is 5.92 Å². The lowest BCUT2D eigenvalue weighted by Crippen LogP contribution is -2.26. The van der Waals surface area contributed by atoms with Crippen LogP contribution in [0.5, 0.6) is 0 Å². The Balaban J connectivity index is 3.36. The van der Waals surface area contributed by atoms with Gasteiger partial charge >= 0.3 is 0 Å². The molecule has 1 nitrogen and oxygen atoms in total. The number of hydrogen-bond donors (Lipinski definition) is 0. The highest BCUT2D eigenvalue weighted by Crippen LogP contribution is 2.25. The van der Waals surface area contributed by atoms with Gasteiger partial charge in [0.05, 0.1) is 5.54 Å². The summed E-state index contributed by atoms with van der Waals surface area (Å²) in [6, 6.07) is 0. The molecule has 0 aliphatic carbocycles. The summed E-state index contributed by atoms with van der Waals surface area (Å²) in [5.41, 5.74) is 0.0567. The van der Waals surface area contributed by atoms with Crippen molar-refractivity contribution in [3.8, 4) is 0 Å². The lowest BCUT2D eigenvalue weighted by Gasteiger charge is -2.27. The van der Waals surface area contributed by atoms with Crippen LogP contribution in [-0.4, -0.2) is 12.3 Å². The Morgan fingerprint density at radius 2 is 1.41 bits per heavy atom. The Morgan fingerprint density at radius 3 is 1.88 bits per heavy atom. The molecule has 102 valence electrons. The van der Waals surface area contributed by atoms with Gasteiger partial charge in [-0.2, -0.15) is 0 Å². The van der Waals surface area contributed by atoms with Crippen LogP contribution >= 0.6 is 0 Å². The maximum atomic E-state index is 4.22. The molecular weight excluding hydrogens is 206 g/mol. The van der Waals surface area contributed by atoms with Crippen LogP contribution < -0.4 is 0 Å². The molecular formula is C16H33N. The maximum Gasteiger partial charge on any atom is 0.0570 e. The normalized spacial score (nSPS) is 13.6. The Hall–Kier alpha value is -0.330. The highest BCUT2D eigenvalue weighted by Gasteiger charge is 2.22. The van der Waals surface area contributed by atoms with E-state index in [2.05, 4.69) is 39.4 Å². The van der Waals surface area contributed by atoms with Crippen LogP contribution in [0.1, 0.15) is 85.5 Å². The van der Waals surface area contributed by atoms with E-state index in [-0.39, 0.29) is 5.54 Å². The van der Waals surface area contributed by atoms with Gasteiger partial charge in [0.1, 0.15) is 0 Å². The van der Waals surface area contributed by atoms with E-state index < -0.39 is 0 Å². The molecule has 1 atom stereocenters. The molecule has 0 radical (unpaired) electrons. The molecule has 0 heterocycles. The second-order valence-corrected chi connectivity index (χ2v) is 5.98. The van der Waals surface area contributed by atoms with E-state index in [1.54, 1.807) is 0 Å². The molecule has 0 amide bonds. The van der Waals surface area contributed by atoms with Crippen LogP contribution in [0.3, 0.4) is 0 Å². The van der Waals surface area contributed by atoms with Gasteiger partial charge in [0.25, 0.3) is 0 Å².